The number of carbonyl (C=O) groups is 1. The van der Waals surface area contributed by atoms with Crippen LogP contribution < -0.4 is 5.32 Å². The molecule has 0 aliphatic rings. The molecule has 0 saturated carbocycles. The maximum absolute atomic E-state index is 12.5. The summed E-state index contributed by atoms with van der Waals surface area (Å²) in [4.78, 5) is 14.6. The van der Waals surface area contributed by atoms with Crippen LogP contribution in [0.25, 0.3) is 11.4 Å². The Morgan fingerprint density at radius 2 is 1.89 bits per heavy atom. The van der Waals surface area contributed by atoms with Gasteiger partial charge in [-0.2, -0.15) is 5.10 Å². The molecule has 0 spiro atoms. The Hall–Kier alpha value is -2.77. The van der Waals surface area contributed by atoms with Crippen LogP contribution in [0.2, 0.25) is 0 Å². The van der Waals surface area contributed by atoms with E-state index in [2.05, 4.69) is 32.5 Å². The van der Waals surface area contributed by atoms with Crippen molar-refractivity contribution < 1.29 is 4.79 Å². The number of nitrogens with one attached hydrogen (secondary N) is 2. The van der Waals surface area contributed by atoms with Crippen molar-refractivity contribution in [3.63, 3.8) is 0 Å². The fourth-order valence-corrected chi connectivity index (χ4v) is 3.19. The lowest BCUT2D eigenvalue weighted by Crippen LogP contribution is -2.27. The normalized spacial score (nSPS) is 11.0. The average Bonchev–Trinajstić information content (AvgIpc) is 3.01. The first kappa shape index (κ1) is 20.0. The van der Waals surface area contributed by atoms with Crippen LogP contribution in [-0.4, -0.2) is 39.7 Å². The Balaban J connectivity index is 1.64. The number of hydrogen-bond donors (Lipinski definition) is 2. The van der Waals surface area contributed by atoms with Crippen molar-refractivity contribution in [2.24, 2.45) is 0 Å². The van der Waals surface area contributed by atoms with Gasteiger partial charge in [0, 0.05) is 18.7 Å². The van der Waals surface area contributed by atoms with Crippen molar-refractivity contribution in [1.29, 1.82) is 0 Å². The van der Waals surface area contributed by atoms with Crippen LogP contribution >= 0.6 is 12.2 Å². The first-order chi connectivity index (χ1) is 13.4. The van der Waals surface area contributed by atoms with Crippen LogP contribution in [0.5, 0.6) is 0 Å². The first-order valence-corrected chi connectivity index (χ1v) is 9.54. The number of nitrogens with zero attached hydrogens (tertiary/aromatic N) is 3. The fourth-order valence-electron chi connectivity index (χ4n) is 3.00. The van der Waals surface area contributed by atoms with Gasteiger partial charge >= 0.3 is 0 Å². The Morgan fingerprint density at radius 3 is 2.57 bits per heavy atom. The van der Waals surface area contributed by atoms with E-state index in [0.717, 1.165) is 23.2 Å². The molecule has 146 valence electrons. The number of aromatic nitrogens is 3. The van der Waals surface area contributed by atoms with Gasteiger partial charge in [0.15, 0.2) is 10.6 Å². The second kappa shape index (κ2) is 8.95. The summed E-state index contributed by atoms with van der Waals surface area (Å²) >= 11 is 5.31. The van der Waals surface area contributed by atoms with Gasteiger partial charge in [0.05, 0.1) is 0 Å². The lowest BCUT2D eigenvalue weighted by atomic mass is 10.1. The SMILES string of the molecule is Cc1cccc(-c2n[nH]c(=S)n2CC(=O)NCc2ccc(CN(C)C)cc2)c1. The molecule has 1 heterocycles. The number of rotatable bonds is 7. The maximum Gasteiger partial charge on any atom is 0.240 e. The van der Waals surface area contributed by atoms with Crippen LogP contribution in [0.1, 0.15) is 16.7 Å². The van der Waals surface area contributed by atoms with Crippen molar-refractivity contribution in [2.45, 2.75) is 26.6 Å². The van der Waals surface area contributed by atoms with Gasteiger partial charge in [0.2, 0.25) is 5.91 Å². The predicted molar refractivity (Wildman–Crippen MR) is 113 cm³/mol. The van der Waals surface area contributed by atoms with E-state index >= 15 is 0 Å². The average molecular weight is 396 g/mol. The fraction of sp³-hybridized carbons (Fsp3) is 0.286. The monoisotopic (exact) mass is 395 g/mol. The topological polar surface area (TPSA) is 66.0 Å². The van der Waals surface area contributed by atoms with Gasteiger partial charge in [-0.3, -0.25) is 14.5 Å². The summed E-state index contributed by atoms with van der Waals surface area (Å²) in [6.07, 6.45) is 0. The zero-order chi connectivity index (χ0) is 20.1. The molecule has 0 aliphatic carbocycles. The first-order valence-electron chi connectivity index (χ1n) is 9.14. The molecule has 28 heavy (non-hydrogen) atoms. The largest absolute Gasteiger partial charge is 0.350 e. The number of aryl methyl sites for hydroxylation is 1. The Bertz CT molecular complexity index is 1000. The van der Waals surface area contributed by atoms with Gasteiger partial charge in [-0.25, -0.2) is 0 Å². The molecule has 6 nitrogen and oxygen atoms in total. The second-order valence-electron chi connectivity index (χ2n) is 7.14. The van der Waals surface area contributed by atoms with E-state index in [0.29, 0.717) is 17.1 Å². The third kappa shape index (κ3) is 5.15. The molecule has 0 aliphatic heterocycles. The van der Waals surface area contributed by atoms with Crippen LogP contribution in [0, 0.1) is 11.7 Å². The van der Waals surface area contributed by atoms with E-state index in [1.807, 2.05) is 57.4 Å². The molecule has 0 fully saturated rings. The molecule has 0 saturated heterocycles. The third-order valence-corrected chi connectivity index (χ3v) is 4.66. The molecule has 0 bridgehead atoms. The van der Waals surface area contributed by atoms with Gasteiger partial charge in [0.1, 0.15) is 6.54 Å². The number of H-pyrrole nitrogens is 1. The van der Waals surface area contributed by atoms with Crippen molar-refractivity contribution in [3.8, 4) is 11.4 Å². The van der Waals surface area contributed by atoms with E-state index in [4.69, 9.17) is 12.2 Å². The molecule has 1 amide bonds. The number of aromatic amines is 1. The highest BCUT2D eigenvalue weighted by atomic mass is 32.1. The lowest BCUT2D eigenvalue weighted by molar-refractivity contribution is -0.121. The Morgan fingerprint density at radius 1 is 1.18 bits per heavy atom. The summed E-state index contributed by atoms with van der Waals surface area (Å²) in [6.45, 7) is 3.52. The molecule has 1 aromatic heterocycles. The third-order valence-electron chi connectivity index (χ3n) is 4.35. The highest BCUT2D eigenvalue weighted by Gasteiger charge is 2.12. The van der Waals surface area contributed by atoms with Gasteiger partial charge in [-0.05, 0) is 50.4 Å². The van der Waals surface area contributed by atoms with Gasteiger partial charge < -0.3 is 10.2 Å². The maximum atomic E-state index is 12.5. The molecule has 0 radical (unpaired) electrons. The minimum atomic E-state index is -0.108. The molecular formula is C21H25N5OS. The van der Waals surface area contributed by atoms with E-state index in [9.17, 15) is 4.79 Å². The smallest absolute Gasteiger partial charge is 0.240 e. The molecule has 2 aromatic carbocycles. The van der Waals surface area contributed by atoms with Crippen molar-refractivity contribution in [3.05, 3.63) is 70.0 Å². The molecular weight excluding hydrogens is 370 g/mol. The minimum absolute atomic E-state index is 0.108. The van der Waals surface area contributed by atoms with Crippen molar-refractivity contribution in [1.82, 2.24) is 25.0 Å². The predicted octanol–water partition coefficient (Wildman–Crippen LogP) is 3.29. The standard InChI is InChI=1S/C21H25N5OS/c1-15-5-4-6-18(11-15)20-23-24-21(28)26(20)14-19(27)22-12-16-7-9-17(10-8-16)13-25(2)3/h4-11H,12-14H2,1-3H3,(H,22,27)(H,24,28). The number of amides is 1. The number of carbonyl (C=O) groups excluding carboxylic acids is 1. The highest BCUT2D eigenvalue weighted by Crippen LogP contribution is 2.18. The van der Waals surface area contributed by atoms with Gasteiger partial charge in [0.25, 0.3) is 0 Å². The Labute approximate surface area is 170 Å². The van der Waals surface area contributed by atoms with Crippen LogP contribution in [0.3, 0.4) is 0 Å². The van der Waals surface area contributed by atoms with Crippen molar-refractivity contribution >= 4 is 18.1 Å². The van der Waals surface area contributed by atoms with Gasteiger partial charge in [-0.1, -0.05) is 48.0 Å². The van der Waals surface area contributed by atoms with Crippen molar-refractivity contribution in [2.75, 3.05) is 14.1 Å². The van der Waals surface area contributed by atoms with Crippen LogP contribution in [0.15, 0.2) is 48.5 Å². The molecule has 0 unspecified atom stereocenters. The highest BCUT2D eigenvalue weighted by molar-refractivity contribution is 7.71. The summed E-state index contributed by atoms with van der Waals surface area (Å²) < 4.78 is 2.15. The van der Waals surface area contributed by atoms with E-state index < -0.39 is 0 Å². The molecule has 0 atom stereocenters. The summed E-state index contributed by atoms with van der Waals surface area (Å²) in [5.41, 5.74) is 4.36. The summed E-state index contributed by atoms with van der Waals surface area (Å²) in [5.74, 6) is 0.556. The molecule has 3 rings (SSSR count). The van der Waals surface area contributed by atoms with Crippen LogP contribution in [-0.2, 0) is 24.4 Å². The van der Waals surface area contributed by atoms with Crippen LogP contribution in [0.4, 0.5) is 0 Å². The molecule has 7 heteroatoms. The van der Waals surface area contributed by atoms with E-state index in [-0.39, 0.29) is 12.5 Å². The summed E-state index contributed by atoms with van der Waals surface area (Å²) in [6, 6.07) is 16.2. The molecule has 3 aromatic rings. The summed E-state index contributed by atoms with van der Waals surface area (Å²) in [5, 5.41) is 10.0. The zero-order valence-electron chi connectivity index (χ0n) is 16.4. The number of benzene rings is 2. The minimum Gasteiger partial charge on any atom is -0.350 e. The number of hydrogen-bond acceptors (Lipinski definition) is 4. The second-order valence-corrected chi connectivity index (χ2v) is 7.53. The Kier molecular flexibility index (Phi) is 6.38. The quantitative estimate of drug-likeness (QED) is 0.603. The zero-order valence-corrected chi connectivity index (χ0v) is 17.2. The summed E-state index contributed by atoms with van der Waals surface area (Å²) in [7, 11) is 4.08. The molecule has 2 N–H and O–H groups in total. The van der Waals surface area contributed by atoms with E-state index in [1.165, 1.54) is 5.56 Å². The van der Waals surface area contributed by atoms with Gasteiger partial charge in [-0.15, -0.1) is 0 Å². The van der Waals surface area contributed by atoms with E-state index in [1.54, 1.807) is 4.57 Å². The lowest BCUT2D eigenvalue weighted by Gasteiger charge is -2.11.